The number of hydrogen-bond acceptors (Lipinski definition) is 3. The van der Waals surface area contributed by atoms with Gasteiger partial charge < -0.3 is 14.8 Å². The Balaban J connectivity index is 2.12. The summed E-state index contributed by atoms with van der Waals surface area (Å²) in [6.45, 7) is 0. The van der Waals surface area contributed by atoms with Crippen LogP contribution in [0.25, 0.3) is 0 Å². The molecule has 1 aliphatic heterocycles. The average molecular weight is 213 g/mol. The second-order valence-corrected chi connectivity index (χ2v) is 3.56. The third-order valence-corrected chi connectivity index (χ3v) is 2.57. The highest BCUT2D eigenvalue weighted by Gasteiger charge is 2.18. The summed E-state index contributed by atoms with van der Waals surface area (Å²) in [6.07, 6.45) is 0. The van der Waals surface area contributed by atoms with Crippen LogP contribution in [0.15, 0.2) is 42.5 Å². The topological polar surface area (TPSA) is 30.5 Å². The van der Waals surface area contributed by atoms with Crippen molar-refractivity contribution in [3.8, 4) is 17.2 Å². The number of benzene rings is 2. The number of para-hydroxylation sites is 3. The second-order valence-electron chi connectivity index (χ2n) is 3.56. The van der Waals surface area contributed by atoms with E-state index in [1.807, 2.05) is 42.5 Å². The van der Waals surface area contributed by atoms with Crippen LogP contribution in [-0.4, -0.2) is 7.11 Å². The molecule has 1 heterocycles. The molecule has 0 saturated carbocycles. The molecular formula is C13H11NO2. The van der Waals surface area contributed by atoms with Crippen LogP contribution < -0.4 is 14.8 Å². The number of ether oxygens (including phenoxy) is 2. The number of nitrogens with one attached hydrogen (secondary N) is 1. The first kappa shape index (κ1) is 9.09. The first-order chi connectivity index (χ1) is 7.88. The highest BCUT2D eigenvalue weighted by atomic mass is 16.5. The molecule has 0 fully saturated rings. The first-order valence-electron chi connectivity index (χ1n) is 5.09. The molecule has 3 nitrogen and oxygen atoms in total. The van der Waals surface area contributed by atoms with E-state index in [2.05, 4.69) is 5.32 Å². The summed E-state index contributed by atoms with van der Waals surface area (Å²) in [4.78, 5) is 0. The predicted molar refractivity (Wildman–Crippen MR) is 62.8 cm³/mol. The van der Waals surface area contributed by atoms with E-state index in [0.29, 0.717) is 0 Å². The molecule has 0 atom stereocenters. The van der Waals surface area contributed by atoms with Crippen LogP contribution in [0.1, 0.15) is 0 Å². The Bertz CT molecular complexity index is 537. The maximum absolute atomic E-state index is 5.78. The number of anilines is 2. The third-order valence-electron chi connectivity index (χ3n) is 2.57. The Labute approximate surface area is 93.6 Å². The minimum atomic E-state index is 0.784. The molecule has 2 aromatic carbocycles. The number of fused-ring (bicyclic) bond motifs is 2. The fourth-order valence-electron chi connectivity index (χ4n) is 1.80. The summed E-state index contributed by atoms with van der Waals surface area (Å²) in [5.74, 6) is 2.41. The SMILES string of the molecule is COc1cccc2c1Nc1ccccc1O2. The Kier molecular flexibility index (Phi) is 1.96. The lowest BCUT2D eigenvalue weighted by Gasteiger charge is -2.22. The molecule has 0 bridgehead atoms. The standard InChI is InChI=1S/C13H11NO2/c1-15-11-7-4-8-12-13(11)14-9-5-2-3-6-10(9)16-12/h2-8,14H,1H3. The predicted octanol–water partition coefficient (Wildman–Crippen LogP) is 3.54. The lowest BCUT2D eigenvalue weighted by molar-refractivity contribution is 0.410. The number of hydrogen-bond donors (Lipinski definition) is 1. The van der Waals surface area contributed by atoms with E-state index in [-0.39, 0.29) is 0 Å². The van der Waals surface area contributed by atoms with Crippen LogP contribution in [0.2, 0.25) is 0 Å². The monoisotopic (exact) mass is 213 g/mol. The number of methoxy groups -OCH3 is 1. The van der Waals surface area contributed by atoms with Crippen molar-refractivity contribution in [3.05, 3.63) is 42.5 Å². The zero-order valence-electron chi connectivity index (χ0n) is 8.86. The van der Waals surface area contributed by atoms with Crippen molar-refractivity contribution < 1.29 is 9.47 Å². The van der Waals surface area contributed by atoms with Crippen molar-refractivity contribution in [1.29, 1.82) is 0 Å². The van der Waals surface area contributed by atoms with E-state index in [1.54, 1.807) is 7.11 Å². The van der Waals surface area contributed by atoms with Crippen molar-refractivity contribution >= 4 is 11.4 Å². The van der Waals surface area contributed by atoms with Crippen LogP contribution in [0.3, 0.4) is 0 Å². The van der Waals surface area contributed by atoms with Crippen molar-refractivity contribution in [2.24, 2.45) is 0 Å². The van der Waals surface area contributed by atoms with Crippen molar-refractivity contribution in [2.75, 3.05) is 12.4 Å². The molecule has 80 valence electrons. The summed E-state index contributed by atoms with van der Waals surface area (Å²) < 4.78 is 11.1. The molecule has 0 aliphatic carbocycles. The quantitative estimate of drug-likeness (QED) is 0.670. The van der Waals surface area contributed by atoms with E-state index in [4.69, 9.17) is 9.47 Å². The van der Waals surface area contributed by atoms with Gasteiger partial charge >= 0.3 is 0 Å². The van der Waals surface area contributed by atoms with Gasteiger partial charge in [-0.2, -0.15) is 0 Å². The van der Waals surface area contributed by atoms with Crippen LogP contribution in [0.4, 0.5) is 11.4 Å². The molecule has 0 unspecified atom stereocenters. The van der Waals surface area contributed by atoms with E-state index < -0.39 is 0 Å². The van der Waals surface area contributed by atoms with E-state index in [9.17, 15) is 0 Å². The summed E-state index contributed by atoms with van der Waals surface area (Å²) in [6, 6.07) is 13.6. The smallest absolute Gasteiger partial charge is 0.154 e. The van der Waals surface area contributed by atoms with Crippen molar-refractivity contribution in [3.63, 3.8) is 0 Å². The molecule has 2 aromatic rings. The van der Waals surface area contributed by atoms with E-state index in [1.165, 1.54) is 0 Å². The van der Waals surface area contributed by atoms with Crippen molar-refractivity contribution in [2.45, 2.75) is 0 Å². The Morgan fingerprint density at radius 3 is 2.69 bits per heavy atom. The molecule has 3 heteroatoms. The van der Waals surface area contributed by atoms with Crippen molar-refractivity contribution in [1.82, 2.24) is 0 Å². The molecule has 0 spiro atoms. The summed E-state index contributed by atoms with van der Waals surface area (Å²) in [7, 11) is 1.65. The minimum absolute atomic E-state index is 0.784. The van der Waals surface area contributed by atoms with E-state index in [0.717, 1.165) is 28.6 Å². The average Bonchev–Trinajstić information content (AvgIpc) is 2.35. The molecule has 0 aromatic heterocycles. The van der Waals surface area contributed by atoms with Crippen LogP contribution >= 0.6 is 0 Å². The van der Waals surface area contributed by atoms with Crippen LogP contribution in [-0.2, 0) is 0 Å². The Morgan fingerprint density at radius 2 is 1.81 bits per heavy atom. The largest absolute Gasteiger partial charge is 0.494 e. The van der Waals surface area contributed by atoms with Gasteiger partial charge in [0.25, 0.3) is 0 Å². The van der Waals surface area contributed by atoms with Gasteiger partial charge in [0.05, 0.1) is 12.8 Å². The van der Waals surface area contributed by atoms with E-state index >= 15 is 0 Å². The lowest BCUT2D eigenvalue weighted by atomic mass is 10.2. The van der Waals surface area contributed by atoms with Gasteiger partial charge in [-0.1, -0.05) is 18.2 Å². The molecule has 0 radical (unpaired) electrons. The maximum atomic E-state index is 5.78. The van der Waals surface area contributed by atoms with Gasteiger partial charge in [0.2, 0.25) is 0 Å². The van der Waals surface area contributed by atoms with Gasteiger partial charge in [0, 0.05) is 0 Å². The zero-order chi connectivity index (χ0) is 11.0. The maximum Gasteiger partial charge on any atom is 0.154 e. The zero-order valence-corrected chi connectivity index (χ0v) is 8.86. The van der Waals surface area contributed by atoms with Gasteiger partial charge in [-0.05, 0) is 24.3 Å². The molecule has 1 N–H and O–H groups in total. The van der Waals surface area contributed by atoms with Gasteiger partial charge in [-0.25, -0.2) is 0 Å². The molecule has 1 aliphatic rings. The molecule has 3 rings (SSSR count). The highest BCUT2D eigenvalue weighted by molar-refractivity contribution is 5.79. The summed E-state index contributed by atoms with van der Waals surface area (Å²) >= 11 is 0. The Hall–Kier alpha value is -2.16. The van der Waals surface area contributed by atoms with Gasteiger partial charge in [-0.3, -0.25) is 0 Å². The normalized spacial score (nSPS) is 11.8. The van der Waals surface area contributed by atoms with Crippen LogP contribution in [0.5, 0.6) is 17.2 Å². The van der Waals surface area contributed by atoms with Crippen LogP contribution in [0, 0.1) is 0 Å². The Morgan fingerprint density at radius 1 is 1.00 bits per heavy atom. The minimum Gasteiger partial charge on any atom is -0.494 e. The van der Waals surface area contributed by atoms with Gasteiger partial charge in [0.15, 0.2) is 11.5 Å². The molecule has 16 heavy (non-hydrogen) atoms. The summed E-state index contributed by atoms with van der Waals surface area (Å²) in [5.41, 5.74) is 1.84. The highest BCUT2D eigenvalue weighted by Crippen LogP contribution is 2.45. The lowest BCUT2D eigenvalue weighted by Crippen LogP contribution is -2.03. The van der Waals surface area contributed by atoms with Gasteiger partial charge in [0.1, 0.15) is 11.4 Å². The molecule has 0 amide bonds. The number of rotatable bonds is 1. The first-order valence-corrected chi connectivity index (χ1v) is 5.09. The van der Waals surface area contributed by atoms with Gasteiger partial charge in [-0.15, -0.1) is 0 Å². The fraction of sp³-hybridized carbons (Fsp3) is 0.0769. The molecule has 0 saturated heterocycles. The fourth-order valence-corrected chi connectivity index (χ4v) is 1.80. The third kappa shape index (κ3) is 1.29. The second kappa shape index (κ2) is 3.45. The summed E-state index contributed by atoms with van der Waals surface area (Å²) in [5, 5.41) is 3.31. The molecular weight excluding hydrogens is 202 g/mol.